The zero-order valence-corrected chi connectivity index (χ0v) is 10.4. The SMILES string of the molecule is O=C(O)C1CC(Cc2ccccc2Br)CN1. The summed E-state index contributed by atoms with van der Waals surface area (Å²) in [6.07, 6.45) is 1.65. The first kappa shape index (κ1) is 11.6. The summed E-state index contributed by atoms with van der Waals surface area (Å²) in [5.41, 5.74) is 1.25. The van der Waals surface area contributed by atoms with Crippen LogP contribution in [0.4, 0.5) is 0 Å². The Morgan fingerprint density at radius 1 is 1.50 bits per heavy atom. The molecule has 1 aromatic carbocycles. The third kappa shape index (κ3) is 2.62. The number of hydrogen-bond acceptors (Lipinski definition) is 2. The molecule has 1 heterocycles. The number of benzene rings is 1. The molecule has 1 aromatic rings. The molecule has 1 aliphatic rings. The number of rotatable bonds is 3. The topological polar surface area (TPSA) is 49.3 Å². The van der Waals surface area contributed by atoms with Gasteiger partial charge in [0, 0.05) is 4.47 Å². The smallest absolute Gasteiger partial charge is 0.320 e. The molecule has 0 radical (unpaired) electrons. The minimum absolute atomic E-state index is 0.368. The number of halogens is 1. The molecule has 4 heteroatoms. The predicted octanol–water partition coefficient (Wildman–Crippen LogP) is 2.05. The molecule has 0 aromatic heterocycles. The fraction of sp³-hybridized carbons (Fsp3) is 0.417. The van der Waals surface area contributed by atoms with Gasteiger partial charge in [0.25, 0.3) is 0 Å². The molecule has 0 spiro atoms. The minimum atomic E-state index is -0.741. The third-order valence-corrected chi connectivity index (χ3v) is 3.76. The molecule has 16 heavy (non-hydrogen) atoms. The fourth-order valence-electron chi connectivity index (χ4n) is 2.13. The van der Waals surface area contributed by atoms with Gasteiger partial charge in [-0.3, -0.25) is 4.79 Å². The van der Waals surface area contributed by atoms with Crippen molar-refractivity contribution in [2.24, 2.45) is 5.92 Å². The lowest BCUT2D eigenvalue weighted by atomic mass is 9.97. The van der Waals surface area contributed by atoms with Gasteiger partial charge in [0.05, 0.1) is 0 Å². The van der Waals surface area contributed by atoms with Gasteiger partial charge in [0.1, 0.15) is 6.04 Å². The van der Waals surface area contributed by atoms with Crippen LogP contribution in [0.1, 0.15) is 12.0 Å². The summed E-state index contributed by atoms with van der Waals surface area (Å²) in [5, 5.41) is 11.9. The molecule has 86 valence electrons. The second kappa shape index (κ2) is 4.97. The number of hydrogen-bond donors (Lipinski definition) is 2. The molecule has 0 saturated carbocycles. The van der Waals surface area contributed by atoms with E-state index in [9.17, 15) is 4.79 Å². The summed E-state index contributed by atoms with van der Waals surface area (Å²) in [6.45, 7) is 0.790. The van der Waals surface area contributed by atoms with Gasteiger partial charge in [0.15, 0.2) is 0 Å². The van der Waals surface area contributed by atoms with Crippen LogP contribution >= 0.6 is 15.9 Å². The second-order valence-electron chi connectivity index (χ2n) is 4.20. The summed E-state index contributed by atoms with van der Waals surface area (Å²) >= 11 is 3.51. The lowest BCUT2D eigenvalue weighted by molar-refractivity contribution is -0.139. The molecule has 1 saturated heterocycles. The van der Waals surface area contributed by atoms with Gasteiger partial charge in [-0.2, -0.15) is 0 Å². The van der Waals surface area contributed by atoms with Gasteiger partial charge in [-0.15, -0.1) is 0 Å². The molecule has 2 unspecified atom stereocenters. The van der Waals surface area contributed by atoms with E-state index in [1.54, 1.807) is 0 Å². The molecule has 0 bridgehead atoms. The summed E-state index contributed by atoms with van der Waals surface area (Å²) in [5.74, 6) is -0.325. The Morgan fingerprint density at radius 2 is 2.25 bits per heavy atom. The Hall–Kier alpha value is -0.870. The largest absolute Gasteiger partial charge is 0.480 e. The van der Waals surface area contributed by atoms with Crippen molar-refractivity contribution in [2.45, 2.75) is 18.9 Å². The Morgan fingerprint density at radius 3 is 2.88 bits per heavy atom. The van der Waals surface area contributed by atoms with E-state index in [2.05, 4.69) is 27.3 Å². The predicted molar refractivity (Wildman–Crippen MR) is 65.4 cm³/mol. The van der Waals surface area contributed by atoms with E-state index in [1.165, 1.54) is 5.56 Å². The summed E-state index contributed by atoms with van der Waals surface area (Å²) < 4.78 is 1.11. The van der Waals surface area contributed by atoms with Crippen LogP contribution in [0.2, 0.25) is 0 Å². The van der Waals surface area contributed by atoms with Crippen molar-refractivity contribution in [3.8, 4) is 0 Å². The number of carboxylic acids is 1. The Balaban J connectivity index is 1.97. The summed E-state index contributed by atoms with van der Waals surface area (Å²) in [4.78, 5) is 10.8. The van der Waals surface area contributed by atoms with Crippen LogP contribution in [-0.4, -0.2) is 23.7 Å². The molecule has 0 aliphatic carbocycles. The van der Waals surface area contributed by atoms with Crippen LogP contribution < -0.4 is 5.32 Å². The third-order valence-electron chi connectivity index (χ3n) is 2.99. The molecule has 2 atom stereocenters. The van der Waals surface area contributed by atoms with Crippen LogP contribution in [0.25, 0.3) is 0 Å². The van der Waals surface area contributed by atoms with Crippen LogP contribution in [-0.2, 0) is 11.2 Å². The molecule has 1 aliphatic heterocycles. The monoisotopic (exact) mass is 283 g/mol. The minimum Gasteiger partial charge on any atom is -0.480 e. The van der Waals surface area contributed by atoms with Gasteiger partial charge in [-0.25, -0.2) is 0 Å². The first-order valence-corrected chi connectivity index (χ1v) is 6.15. The lowest BCUT2D eigenvalue weighted by Gasteiger charge is -2.09. The Labute approximate surface area is 103 Å². The molecular weight excluding hydrogens is 270 g/mol. The van der Waals surface area contributed by atoms with E-state index in [0.717, 1.165) is 23.9 Å². The maximum atomic E-state index is 10.8. The van der Waals surface area contributed by atoms with Crippen LogP contribution in [0.15, 0.2) is 28.7 Å². The molecule has 3 nitrogen and oxygen atoms in total. The number of aliphatic carboxylic acids is 1. The van der Waals surface area contributed by atoms with Crippen LogP contribution in [0.5, 0.6) is 0 Å². The van der Waals surface area contributed by atoms with E-state index < -0.39 is 5.97 Å². The second-order valence-corrected chi connectivity index (χ2v) is 5.05. The quantitative estimate of drug-likeness (QED) is 0.893. The molecule has 2 N–H and O–H groups in total. The standard InChI is InChI=1S/C12H14BrNO2/c13-10-4-2-1-3-9(10)5-8-6-11(12(15)16)14-7-8/h1-4,8,11,14H,5-7H2,(H,15,16). The van der Waals surface area contributed by atoms with E-state index in [0.29, 0.717) is 5.92 Å². The number of carbonyl (C=O) groups is 1. The van der Waals surface area contributed by atoms with Crippen molar-refractivity contribution < 1.29 is 9.90 Å². The number of nitrogens with one attached hydrogen (secondary N) is 1. The maximum absolute atomic E-state index is 10.8. The van der Waals surface area contributed by atoms with Gasteiger partial charge < -0.3 is 10.4 Å². The first-order valence-electron chi connectivity index (χ1n) is 5.36. The molecular formula is C12H14BrNO2. The van der Waals surface area contributed by atoms with Crippen molar-refractivity contribution in [1.82, 2.24) is 5.32 Å². The van der Waals surface area contributed by atoms with Crippen LogP contribution in [0.3, 0.4) is 0 Å². The van der Waals surface area contributed by atoms with E-state index >= 15 is 0 Å². The van der Waals surface area contributed by atoms with Crippen molar-refractivity contribution in [1.29, 1.82) is 0 Å². The summed E-state index contributed by atoms with van der Waals surface area (Å²) in [6, 6.07) is 7.73. The summed E-state index contributed by atoms with van der Waals surface area (Å²) in [7, 11) is 0. The van der Waals surface area contributed by atoms with Gasteiger partial charge >= 0.3 is 5.97 Å². The molecule has 2 rings (SSSR count). The fourth-order valence-corrected chi connectivity index (χ4v) is 2.57. The normalized spacial score (nSPS) is 24.6. The highest BCUT2D eigenvalue weighted by Crippen LogP contribution is 2.24. The van der Waals surface area contributed by atoms with Gasteiger partial charge in [0.2, 0.25) is 0 Å². The highest BCUT2D eigenvalue weighted by atomic mass is 79.9. The van der Waals surface area contributed by atoms with E-state index in [4.69, 9.17) is 5.11 Å². The molecule has 1 fully saturated rings. The maximum Gasteiger partial charge on any atom is 0.320 e. The van der Waals surface area contributed by atoms with Crippen molar-refractivity contribution >= 4 is 21.9 Å². The van der Waals surface area contributed by atoms with Gasteiger partial charge in [-0.1, -0.05) is 34.1 Å². The average molecular weight is 284 g/mol. The zero-order valence-electron chi connectivity index (χ0n) is 8.82. The first-order chi connectivity index (χ1) is 7.66. The van der Waals surface area contributed by atoms with Crippen molar-refractivity contribution in [2.75, 3.05) is 6.54 Å². The van der Waals surface area contributed by atoms with Crippen molar-refractivity contribution in [3.05, 3.63) is 34.3 Å². The lowest BCUT2D eigenvalue weighted by Crippen LogP contribution is -2.29. The average Bonchev–Trinajstić information content (AvgIpc) is 2.70. The highest BCUT2D eigenvalue weighted by Gasteiger charge is 2.29. The van der Waals surface area contributed by atoms with Gasteiger partial charge in [-0.05, 0) is 36.9 Å². The molecule has 0 amide bonds. The van der Waals surface area contributed by atoms with Crippen molar-refractivity contribution in [3.63, 3.8) is 0 Å². The van der Waals surface area contributed by atoms with Crippen LogP contribution in [0, 0.1) is 5.92 Å². The Kier molecular flexibility index (Phi) is 3.61. The van der Waals surface area contributed by atoms with E-state index in [-0.39, 0.29) is 6.04 Å². The Bertz CT molecular complexity index is 394. The highest BCUT2D eigenvalue weighted by molar-refractivity contribution is 9.10. The van der Waals surface area contributed by atoms with E-state index in [1.807, 2.05) is 18.2 Å². The zero-order chi connectivity index (χ0) is 11.5. The number of carboxylic acid groups (broad SMARTS) is 1.